The Kier molecular flexibility index (Phi) is 10.5. The van der Waals surface area contributed by atoms with Crippen LogP contribution < -0.4 is 24.8 Å². The maximum absolute atomic E-state index is 5.55. The van der Waals surface area contributed by atoms with E-state index in [0.29, 0.717) is 24.9 Å². The highest BCUT2D eigenvalue weighted by atomic mass is 127. The molecule has 0 aliphatic rings. The number of hydrogen-bond donors (Lipinski definition) is 2. The Morgan fingerprint density at radius 3 is 2.39 bits per heavy atom. The van der Waals surface area contributed by atoms with Gasteiger partial charge in [0.1, 0.15) is 5.75 Å². The van der Waals surface area contributed by atoms with Gasteiger partial charge in [0.25, 0.3) is 0 Å². The van der Waals surface area contributed by atoms with E-state index in [1.165, 1.54) is 0 Å². The summed E-state index contributed by atoms with van der Waals surface area (Å²) >= 11 is 0. The summed E-state index contributed by atoms with van der Waals surface area (Å²) in [4.78, 5) is 4.30. The Labute approximate surface area is 184 Å². The zero-order valence-electron chi connectivity index (χ0n) is 17.1. The zero-order chi connectivity index (χ0) is 19.6. The van der Waals surface area contributed by atoms with E-state index in [0.717, 1.165) is 22.7 Å². The molecule has 7 heteroatoms. The number of ether oxygens (including phenoxy) is 3. The molecule has 1 unspecified atom stereocenters. The lowest BCUT2D eigenvalue weighted by atomic mass is 10.0. The van der Waals surface area contributed by atoms with Crippen LogP contribution in [-0.4, -0.2) is 40.4 Å². The van der Waals surface area contributed by atoms with Crippen LogP contribution in [0.15, 0.2) is 47.5 Å². The molecule has 0 amide bonds. The van der Waals surface area contributed by atoms with Crippen molar-refractivity contribution in [2.75, 3.05) is 39.7 Å². The van der Waals surface area contributed by atoms with Gasteiger partial charge in [-0.3, -0.25) is 4.99 Å². The highest BCUT2D eigenvalue weighted by Crippen LogP contribution is 2.30. The summed E-state index contributed by atoms with van der Waals surface area (Å²) in [5, 5.41) is 6.64. The second-order valence-electron chi connectivity index (χ2n) is 6.02. The van der Waals surface area contributed by atoms with Gasteiger partial charge in [0.05, 0.1) is 20.8 Å². The van der Waals surface area contributed by atoms with E-state index in [4.69, 9.17) is 14.2 Å². The first-order valence-corrected chi connectivity index (χ1v) is 9.04. The Bertz CT molecular complexity index is 768. The topological polar surface area (TPSA) is 64.1 Å². The molecule has 2 N–H and O–H groups in total. The normalized spacial score (nSPS) is 11.8. The fourth-order valence-electron chi connectivity index (χ4n) is 2.77. The van der Waals surface area contributed by atoms with Gasteiger partial charge in [-0.25, -0.2) is 0 Å². The van der Waals surface area contributed by atoms with E-state index in [2.05, 4.69) is 28.6 Å². The van der Waals surface area contributed by atoms with Crippen LogP contribution in [0, 0.1) is 0 Å². The minimum absolute atomic E-state index is 0. The third kappa shape index (κ3) is 6.47. The van der Waals surface area contributed by atoms with E-state index in [9.17, 15) is 0 Å². The third-order valence-electron chi connectivity index (χ3n) is 4.20. The van der Waals surface area contributed by atoms with Gasteiger partial charge in [-0.1, -0.05) is 25.1 Å². The van der Waals surface area contributed by atoms with Gasteiger partial charge in [-0.15, -0.1) is 24.0 Å². The van der Waals surface area contributed by atoms with Crippen LogP contribution in [0.5, 0.6) is 17.2 Å². The maximum atomic E-state index is 5.55. The van der Waals surface area contributed by atoms with E-state index in [1.807, 2.05) is 43.3 Å². The van der Waals surface area contributed by atoms with E-state index < -0.39 is 0 Å². The fraction of sp³-hybridized carbons (Fsp3) is 0.381. The van der Waals surface area contributed by atoms with Crippen molar-refractivity contribution >= 4 is 35.6 Å². The smallest absolute Gasteiger partial charge is 0.195 e. The first-order chi connectivity index (χ1) is 13.1. The number of guanidine groups is 1. The molecule has 1 atom stereocenters. The first-order valence-electron chi connectivity index (χ1n) is 9.04. The molecule has 0 saturated carbocycles. The van der Waals surface area contributed by atoms with E-state index >= 15 is 0 Å². The SMILES string of the molecule is CCOc1ccc(NC(=NC)NCC(C)c2ccccc2OC)cc1OC.I. The van der Waals surface area contributed by atoms with Crippen molar-refractivity contribution in [2.24, 2.45) is 4.99 Å². The minimum Gasteiger partial charge on any atom is -0.496 e. The van der Waals surface area contributed by atoms with Crippen LogP contribution in [0.2, 0.25) is 0 Å². The van der Waals surface area contributed by atoms with Crippen molar-refractivity contribution in [3.8, 4) is 17.2 Å². The molecule has 2 aromatic rings. The Morgan fingerprint density at radius 2 is 1.75 bits per heavy atom. The standard InChI is InChI=1S/C21H29N3O3.HI/c1-6-27-19-12-11-16(13-20(19)26-5)24-21(22-3)23-14-15(2)17-9-7-8-10-18(17)25-4;/h7-13,15H,6,14H2,1-5H3,(H2,22,23,24);1H. The van der Waals surface area contributed by atoms with Gasteiger partial charge in [0.2, 0.25) is 0 Å². The predicted octanol–water partition coefficient (Wildman–Crippen LogP) is 4.51. The summed E-state index contributed by atoms with van der Waals surface area (Å²) in [6, 6.07) is 13.8. The van der Waals surface area contributed by atoms with Crippen molar-refractivity contribution in [1.82, 2.24) is 5.32 Å². The number of rotatable bonds is 8. The lowest BCUT2D eigenvalue weighted by molar-refractivity contribution is 0.311. The van der Waals surface area contributed by atoms with Crippen molar-refractivity contribution in [3.63, 3.8) is 0 Å². The summed E-state index contributed by atoms with van der Waals surface area (Å²) in [5.41, 5.74) is 2.03. The van der Waals surface area contributed by atoms with Gasteiger partial charge in [-0.05, 0) is 30.7 Å². The lowest BCUT2D eigenvalue weighted by Crippen LogP contribution is -2.33. The molecule has 2 rings (SSSR count). The number of anilines is 1. The van der Waals surface area contributed by atoms with Crippen molar-refractivity contribution in [1.29, 1.82) is 0 Å². The number of nitrogens with zero attached hydrogens (tertiary/aromatic N) is 1. The summed E-state index contributed by atoms with van der Waals surface area (Å²) in [7, 11) is 5.07. The molecule has 2 aromatic carbocycles. The second kappa shape index (κ2) is 12.3. The molecule has 0 bridgehead atoms. The van der Waals surface area contributed by atoms with E-state index in [-0.39, 0.29) is 29.9 Å². The van der Waals surface area contributed by atoms with Gasteiger partial charge in [0, 0.05) is 31.3 Å². The van der Waals surface area contributed by atoms with Gasteiger partial charge in [0.15, 0.2) is 17.5 Å². The minimum atomic E-state index is 0. The highest BCUT2D eigenvalue weighted by molar-refractivity contribution is 14.0. The van der Waals surface area contributed by atoms with E-state index in [1.54, 1.807) is 21.3 Å². The second-order valence-corrected chi connectivity index (χ2v) is 6.02. The average Bonchev–Trinajstić information content (AvgIpc) is 2.71. The fourth-order valence-corrected chi connectivity index (χ4v) is 2.77. The zero-order valence-corrected chi connectivity index (χ0v) is 19.4. The van der Waals surface area contributed by atoms with Crippen LogP contribution in [0.25, 0.3) is 0 Å². The molecular formula is C21H30IN3O3. The van der Waals surface area contributed by atoms with Gasteiger partial charge in [-0.2, -0.15) is 0 Å². The van der Waals surface area contributed by atoms with Crippen molar-refractivity contribution in [3.05, 3.63) is 48.0 Å². The average molecular weight is 499 g/mol. The molecule has 0 heterocycles. The molecule has 0 aliphatic carbocycles. The molecule has 0 radical (unpaired) electrons. The van der Waals surface area contributed by atoms with Crippen LogP contribution in [0.4, 0.5) is 5.69 Å². The number of nitrogens with one attached hydrogen (secondary N) is 2. The number of benzene rings is 2. The molecule has 28 heavy (non-hydrogen) atoms. The first kappa shape index (κ1) is 23.9. The summed E-state index contributed by atoms with van der Waals surface area (Å²) < 4.78 is 16.4. The maximum Gasteiger partial charge on any atom is 0.195 e. The molecule has 0 saturated heterocycles. The Morgan fingerprint density at radius 1 is 1.04 bits per heavy atom. The number of halogens is 1. The molecule has 0 fully saturated rings. The number of para-hydroxylation sites is 1. The Hall–Kier alpha value is -2.16. The van der Waals surface area contributed by atoms with Crippen LogP contribution >= 0.6 is 24.0 Å². The Balaban J connectivity index is 0.00000392. The molecule has 0 spiro atoms. The lowest BCUT2D eigenvalue weighted by Gasteiger charge is -2.19. The van der Waals surface area contributed by atoms with Gasteiger partial charge >= 0.3 is 0 Å². The highest BCUT2D eigenvalue weighted by Gasteiger charge is 2.12. The van der Waals surface area contributed by atoms with Crippen molar-refractivity contribution < 1.29 is 14.2 Å². The van der Waals surface area contributed by atoms with Gasteiger partial charge < -0.3 is 24.8 Å². The number of hydrogen-bond acceptors (Lipinski definition) is 4. The summed E-state index contributed by atoms with van der Waals surface area (Å²) in [6.45, 7) is 5.40. The number of methoxy groups -OCH3 is 2. The molecular weight excluding hydrogens is 469 g/mol. The predicted molar refractivity (Wildman–Crippen MR) is 126 cm³/mol. The quantitative estimate of drug-likeness (QED) is 0.318. The molecule has 6 nitrogen and oxygen atoms in total. The van der Waals surface area contributed by atoms with Crippen molar-refractivity contribution in [2.45, 2.75) is 19.8 Å². The van der Waals surface area contributed by atoms with Crippen LogP contribution in [0.1, 0.15) is 25.3 Å². The summed E-state index contributed by atoms with van der Waals surface area (Å²) in [6.07, 6.45) is 0. The summed E-state index contributed by atoms with van der Waals surface area (Å²) in [5.74, 6) is 3.24. The third-order valence-corrected chi connectivity index (χ3v) is 4.20. The number of aliphatic imine (C=N–C) groups is 1. The molecule has 0 aliphatic heterocycles. The molecule has 154 valence electrons. The van der Waals surface area contributed by atoms with Crippen LogP contribution in [-0.2, 0) is 0 Å². The monoisotopic (exact) mass is 499 g/mol. The molecule has 0 aromatic heterocycles. The van der Waals surface area contributed by atoms with Crippen LogP contribution in [0.3, 0.4) is 0 Å². The largest absolute Gasteiger partial charge is 0.496 e.